The maximum atomic E-state index is 14.1. The van der Waals surface area contributed by atoms with Crippen molar-refractivity contribution in [3.05, 3.63) is 48.0 Å². The van der Waals surface area contributed by atoms with Gasteiger partial charge in [0.05, 0.1) is 19.3 Å². The Labute approximate surface area is 158 Å². The SMILES string of the molecule is OCC1CCCCN1c1cc(N2CCOC(c3ccccc3F)C2)ncn1. The third kappa shape index (κ3) is 3.89. The van der Waals surface area contributed by atoms with Gasteiger partial charge in [-0.05, 0) is 25.3 Å². The zero-order chi connectivity index (χ0) is 18.6. The molecule has 7 heteroatoms. The summed E-state index contributed by atoms with van der Waals surface area (Å²) in [6.45, 7) is 2.78. The Morgan fingerprint density at radius 2 is 2.00 bits per heavy atom. The molecule has 0 bridgehead atoms. The molecule has 6 nitrogen and oxygen atoms in total. The standard InChI is InChI=1S/C20H25FN4O2/c21-17-7-2-1-6-16(17)18-12-24(9-10-27-18)19-11-20(23-14-22-19)25-8-4-3-5-15(25)13-26/h1-2,6-7,11,14-15,18,26H,3-5,8-10,12-13H2. The predicted octanol–water partition coefficient (Wildman–Crippen LogP) is 2.54. The predicted molar refractivity (Wildman–Crippen MR) is 101 cm³/mol. The number of piperidine rings is 1. The van der Waals surface area contributed by atoms with Crippen LogP contribution in [0, 0.1) is 5.82 Å². The molecular weight excluding hydrogens is 347 g/mol. The molecule has 2 fully saturated rings. The van der Waals surface area contributed by atoms with Crippen molar-refractivity contribution in [1.82, 2.24) is 9.97 Å². The largest absolute Gasteiger partial charge is 0.394 e. The van der Waals surface area contributed by atoms with Crippen LogP contribution in [0.1, 0.15) is 30.9 Å². The summed E-state index contributed by atoms with van der Waals surface area (Å²) in [6, 6.07) is 8.83. The average molecular weight is 372 g/mol. The first kappa shape index (κ1) is 18.1. The molecule has 2 aromatic rings. The smallest absolute Gasteiger partial charge is 0.134 e. The van der Waals surface area contributed by atoms with Gasteiger partial charge in [-0.25, -0.2) is 14.4 Å². The molecule has 2 atom stereocenters. The summed E-state index contributed by atoms with van der Waals surface area (Å²) >= 11 is 0. The number of benzene rings is 1. The molecule has 0 saturated carbocycles. The summed E-state index contributed by atoms with van der Waals surface area (Å²) in [6.07, 6.45) is 4.46. The van der Waals surface area contributed by atoms with E-state index >= 15 is 0 Å². The highest BCUT2D eigenvalue weighted by Crippen LogP contribution is 2.29. The van der Waals surface area contributed by atoms with Crippen LogP contribution in [-0.2, 0) is 4.74 Å². The third-order valence-electron chi connectivity index (χ3n) is 5.41. The minimum absolute atomic E-state index is 0.109. The normalized spacial score (nSPS) is 23.5. The molecule has 1 aromatic carbocycles. The van der Waals surface area contributed by atoms with Crippen molar-refractivity contribution in [3.8, 4) is 0 Å². The fraction of sp³-hybridized carbons (Fsp3) is 0.500. The fourth-order valence-corrected chi connectivity index (χ4v) is 3.94. The average Bonchev–Trinajstić information content (AvgIpc) is 2.74. The highest BCUT2D eigenvalue weighted by Gasteiger charge is 2.27. The van der Waals surface area contributed by atoms with Crippen LogP contribution in [-0.4, -0.2) is 54.0 Å². The molecule has 2 aliphatic heterocycles. The molecule has 0 radical (unpaired) electrons. The van der Waals surface area contributed by atoms with Gasteiger partial charge in [-0.3, -0.25) is 0 Å². The van der Waals surface area contributed by atoms with E-state index in [4.69, 9.17) is 4.74 Å². The molecule has 2 saturated heterocycles. The second-order valence-corrected chi connectivity index (χ2v) is 7.09. The summed E-state index contributed by atoms with van der Waals surface area (Å²) in [7, 11) is 0. The van der Waals surface area contributed by atoms with E-state index in [1.807, 2.05) is 12.1 Å². The number of hydrogen-bond acceptors (Lipinski definition) is 6. The first-order valence-electron chi connectivity index (χ1n) is 9.57. The highest BCUT2D eigenvalue weighted by molar-refractivity contribution is 5.51. The Bertz CT molecular complexity index is 775. The quantitative estimate of drug-likeness (QED) is 0.890. The van der Waals surface area contributed by atoms with E-state index in [2.05, 4.69) is 19.8 Å². The van der Waals surface area contributed by atoms with E-state index < -0.39 is 0 Å². The van der Waals surface area contributed by atoms with Gasteiger partial charge in [0.1, 0.15) is 29.9 Å². The van der Waals surface area contributed by atoms with Gasteiger partial charge in [0, 0.05) is 31.3 Å². The number of morpholine rings is 1. The van der Waals surface area contributed by atoms with Crippen molar-refractivity contribution in [3.63, 3.8) is 0 Å². The monoisotopic (exact) mass is 372 g/mol. The summed E-state index contributed by atoms with van der Waals surface area (Å²) < 4.78 is 19.9. The van der Waals surface area contributed by atoms with Gasteiger partial charge in [-0.1, -0.05) is 18.2 Å². The van der Waals surface area contributed by atoms with Gasteiger partial charge in [-0.2, -0.15) is 0 Å². The minimum atomic E-state index is -0.321. The number of aromatic nitrogens is 2. The Balaban J connectivity index is 1.54. The number of aliphatic hydroxyl groups is 1. The summed E-state index contributed by atoms with van der Waals surface area (Å²) in [5, 5.41) is 9.68. The van der Waals surface area contributed by atoms with E-state index in [9.17, 15) is 9.50 Å². The molecular formula is C20H25FN4O2. The molecule has 3 heterocycles. The van der Waals surface area contributed by atoms with Gasteiger partial charge in [0.2, 0.25) is 0 Å². The maximum absolute atomic E-state index is 14.1. The van der Waals surface area contributed by atoms with Crippen LogP contribution in [0.5, 0.6) is 0 Å². The van der Waals surface area contributed by atoms with E-state index in [1.165, 1.54) is 6.07 Å². The van der Waals surface area contributed by atoms with Gasteiger partial charge in [0.25, 0.3) is 0 Å². The van der Waals surface area contributed by atoms with Crippen molar-refractivity contribution in [2.75, 3.05) is 42.6 Å². The van der Waals surface area contributed by atoms with Crippen LogP contribution < -0.4 is 9.80 Å². The molecule has 1 N–H and O–H groups in total. The van der Waals surface area contributed by atoms with Gasteiger partial charge in [-0.15, -0.1) is 0 Å². The van der Waals surface area contributed by atoms with E-state index in [-0.39, 0.29) is 24.6 Å². The van der Waals surface area contributed by atoms with E-state index in [1.54, 1.807) is 18.5 Å². The van der Waals surface area contributed by atoms with Gasteiger partial charge < -0.3 is 19.6 Å². The number of halogens is 1. The number of ether oxygens (including phenoxy) is 1. The third-order valence-corrected chi connectivity index (χ3v) is 5.41. The molecule has 144 valence electrons. The van der Waals surface area contributed by atoms with Gasteiger partial charge >= 0.3 is 0 Å². The van der Waals surface area contributed by atoms with Crippen molar-refractivity contribution < 1.29 is 14.2 Å². The Morgan fingerprint density at radius 1 is 1.15 bits per heavy atom. The lowest BCUT2D eigenvalue weighted by Crippen LogP contribution is -2.43. The first-order chi connectivity index (χ1) is 13.3. The van der Waals surface area contributed by atoms with Gasteiger partial charge in [0.15, 0.2) is 0 Å². The summed E-state index contributed by atoms with van der Waals surface area (Å²) in [5.41, 5.74) is 0.577. The van der Waals surface area contributed by atoms with Crippen LogP contribution in [0.4, 0.5) is 16.0 Å². The second kappa shape index (κ2) is 8.19. The summed E-state index contributed by atoms with van der Waals surface area (Å²) in [5.74, 6) is 1.41. The lowest BCUT2D eigenvalue weighted by molar-refractivity contribution is 0.0372. The zero-order valence-electron chi connectivity index (χ0n) is 15.3. The minimum Gasteiger partial charge on any atom is -0.394 e. The van der Waals surface area contributed by atoms with Crippen LogP contribution in [0.3, 0.4) is 0 Å². The molecule has 0 spiro atoms. The Kier molecular flexibility index (Phi) is 5.50. The number of anilines is 2. The van der Waals surface area contributed by atoms with Crippen molar-refractivity contribution in [2.45, 2.75) is 31.4 Å². The number of rotatable bonds is 4. The molecule has 1 aromatic heterocycles. The summed E-state index contributed by atoms with van der Waals surface area (Å²) in [4.78, 5) is 13.2. The second-order valence-electron chi connectivity index (χ2n) is 7.09. The van der Waals surface area contributed by atoms with Crippen LogP contribution in [0.2, 0.25) is 0 Å². The van der Waals surface area contributed by atoms with Crippen LogP contribution in [0.15, 0.2) is 36.7 Å². The fourth-order valence-electron chi connectivity index (χ4n) is 3.94. The van der Waals surface area contributed by atoms with E-state index in [0.717, 1.165) is 37.4 Å². The number of aliphatic hydroxyl groups excluding tert-OH is 1. The molecule has 0 aliphatic carbocycles. The molecule has 27 heavy (non-hydrogen) atoms. The van der Waals surface area contributed by atoms with Crippen molar-refractivity contribution in [2.24, 2.45) is 0 Å². The number of nitrogens with zero attached hydrogens (tertiary/aromatic N) is 4. The molecule has 2 unspecified atom stereocenters. The molecule has 0 amide bonds. The van der Waals surface area contributed by atoms with Crippen LogP contribution >= 0.6 is 0 Å². The molecule has 2 aliphatic rings. The maximum Gasteiger partial charge on any atom is 0.134 e. The van der Waals surface area contributed by atoms with E-state index in [0.29, 0.717) is 25.3 Å². The topological polar surface area (TPSA) is 61.7 Å². The Hall–Kier alpha value is -2.25. The zero-order valence-corrected chi connectivity index (χ0v) is 15.3. The lowest BCUT2D eigenvalue weighted by atomic mass is 10.0. The first-order valence-corrected chi connectivity index (χ1v) is 9.57. The van der Waals surface area contributed by atoms with Crippen molar-refractivity contribution in [1.29, 1.82) is 0 Å². The Morgan fingerprint density at radius 3 is 2.85 bits per heavy atom. The molecule has 4 rings (SSSR count). The van der Waals surface area contributed by atoms with Crippen molar-refractivity contribution >= 4 is 11.6 Å². The lowest BCUT2D eigenvalue weighted by Gasteiger charge is -2.37. The highest BCUT2D eigenvalue weighted by atomic mass is 19.1. The number of hydrogen-bond donors (Lipinski definition) is 1. The van der Waals surface area contributed by atoms with Crippen LogP contribution in [0.25, 0.3) is 0 Å².